The SMILES string of the molecule is Cc1ccc(Cl)c(N(C)N=O)c1. The van der Waals surface area contributed by atoms with Crippen LogP contribution in [0.25, 0.3) is 0 Å². The molecule has 0 saturated carbocycles. The summed E-state index contributed by atoms with van der Waals surface area (Å²) in [6.07, 6.45) is 0. The highest BCUT2D eigenvalue weighted by Gasteiger charge is 2.04. The van der Waals surface area contributed by atoms with Crippen molar-refractivity contribution in [3.8, 4) is 0 Å². The molecule has 0 amide bonds. The van der Waals surface area contributed by atoms with Crippen molar-refractivity contribution in [2.45, 2.75) is 6.92 Å². The second kappa shape index (κ2) is 3.54. The molecule has 0 aromatic heterocycles. The van der Waals surface area contributed by atoms with E-state index in [1.54, 1.807) is 13.1 Å². The maximum Gasteiger partial charge on any atom is 0.0811 e. The van der Waals surface area contributed by atoms with Gasteiger partial charge in [-0.2, -0.15) is 0 Å². The molecule has 0 radical (unpaired) electrons. The van der Waals surface area contributed by atoms with Gasteiger partial charge in [-0.3, -0.25) is 0 Å². The van der Waals surface area contributed by atoms with Crippen molar-refractivity contribution in [3.05, 3.63) is 33.7 Å². The molecule has 64 valence electrons. The molecule has 0 fully saturated rings. The highest BCUT2D eigenvalue weighted by Crippen LogP contribution is 2.25. The summed E-state index contributed by atoms with van der Waals surface area (Å²) in [4.78, 5) is 10.2. The van der Waals surface area contributed by atoms with Crippen LogP contribution in [-0.4, -0.2) is 7.05 Å². The van der Waals surface area contributed by atoms with E-state index in [4.69, 9.17) is 11.6 Å². The average Bonchev–Trinajstić information content (AvgIpc) is 2.08. The Morgan fingerprint density at radius 3 is 2.75 bits per heavy atom. The second-order valence-corrected chi connectivity index (χ2v) is 2.97. The van der Waals surface area contributed by atoms with Crippen LogP contribution in [0.15, 0.2) is 23.5 Å². The van der Waals surface area contributed by atoms with Crippen LogP contribution in [0.5, 0.6) is 0 Å². The molecule has 3 nitrogen and oxygen atoms in total. The van der Waals surface area contributed by atoms with Crippen molar-refractivity contribution in [1.82, 2.24) is 0 Å². The summed E-state index contributed by atoms with van der Waals surface area (Å²) in [6, 6.07) is 5.43. The van der Waals surface area contributed by atoms with Crippen molar-refractivity contribution in [3.63, 3.8) is 0 Å². The third-order valence-corrected chi connectivity index (χ3v) is 1.89. The number of hydrogen-bond acceptors (Lipinski definition) is 2. The van der Waals surface area contributed by atoms with Gasteiger partial charge in [-0.25, -0.2) is 5.01 Å². The summed E-state index contributed by atoms with van der Waals surface area (Å²) in [6.45, 7) is 1.93. The molecule has 0 heterocycles. The number of halogens is 1. The zero-order valence-electron chi connectivity index (χ0n) is 6.91. The minimum absolute atomic E-state index is 0.530. The molecule has 0 spiro atoms. The smallest absolute Gasteiger partial charge is 0.0811 e. The van der Waals surface area contributed by atoms with Crippen molar-refractivity contribution in [2.24, 2.45) is 5.29 Å². The molecule has 0 atom stereocenters. The van der Waals surface area contributed by atoms with Crippen LogP contribution >= 0.6 is 11.6 Å². The van der Waals surface area contributed by atoms with Gasteiger partial charge < -0.3 is 0 Å². The lowest BCUT2D eigenvalue weighted by Gasteiger charge is -2.10. The van der Waals surface area contributed by atoms with Crippen LogP contribution in [0.2, 0.25) is 5.02 Å². The van der Waals surface area contributed by atoms with Crippen molar-refractivity contribution < 1.29 is 0 Å². The van der Waals surface area contributed by atoms with Gasteiger partial charge in [0, 0.05) is 7.05 Å². The van der Waals surface area contributed by atoms with Gasteiger partial charge in [0.05, 0.1) is 16.0 Å². The summed E-state index contributed by atoms with van der Waals surface area (Å²) in [5, 5.41) is 4.49. The van der Waals surface area contributed by atoms with Crippen LogP contribution in [0.4, 0.5) is 5.69 Å². The Labute approximate surface area is 75.9 Å². The van der Waals surface area contributed by atoms with Gasteiger partial charge in [0.25, 0.3) is 0 Å². The topological polar surface area (TPSA) is 32.7 Å². The third kappa shape index (κ3) is 1.74. The molecular formula is C8H9ClN2O. The van der Waals surface area contributed by atoms with Gasteiger partial charge in [-0.15, -0.1) is 4.91 Å². The Hall–Kier alpha value is -1.09. The first kappa shape index (κ1) is 9.00. The fourth-order valence-electron chi connectivity index (χ4n) is 0.915. The van der Waals surface area contributed by atoms with Crippen LogP contribution in [-0.2, 0) is 0 Å². The van der Waals surface area contributed by atoms with Crippen molar-refractivity contribution in [1.29, 1.82) is 0 Å². The summed E-state index contributed by atoms with van der Waals surface area (Å²) < 4.78 is 0. The number of rotatable bonds is 2. The Morgan fingerprint density at radius 1 is 1.50 bits per heavy atom. The third-order valence-electron chi connectivity index (χ3n) is 1.57. The Balaban J connectivity index is 3.12. The largest absolute Gasteiger partial charge is 0.231 e. The van der Waals surface area contributed by atoms with E-state index in [-0.39, 0.29) is 0 Å². The summed E-state index contributed by atoms with van der Waals surface area (Å²) >= 11 is 5.83. The highest BCUT2D eigenvalue weighted by atomic mass is 35.5. The molecular weight excluding hydrogens is 176 g/mol. The van der Waals surface area contributed by atoms with Gasteiger partial charge in [0.2, 0.25) is 0 Å². The molecule has 0 aliphatic rings. The number of hydrogen-bond donors (Lipinski definition) is 0. The summed E-state index contributed by atoms with van der Waals surface area (Å²) in [5.41, 5.74) is 1.68. The van der Waals surface area contributed by atoms with Gasteiger partial charge in [-0.05, 0) is 24.6 Å². The highest BCUT2D eigenvalue weighted by molar-refractivity contribution is 6.33. The first-order valence-electron chi connectivity index (χ1n) is 3.48. The van der Waals surface area contributed by atoms with Gasteiger partial charge in [0.1, 0.15) is 0 Å². The van der Waals surface area contributed by atoms with Crippen LogP contribution in [0.3, 0.4) is 0 Å². The number of aryl methyl sites for hydroxylation is 1. The van der Waals surface area contributed by atoms with Crippen LogP contribution < -0.4 is 5.01 Å². The van der Waals surface area contributed by atoms with E-state index in [1.165, 1.54) is 5.01 Å². The van der Waals surface area contributed by atoms with Gasteiger partial charge in [-0.1, -0.05) is 17.7 Å². The molecule has 4 heteroatoms. The average molecular weight is 185 g/mol. The molecule has 0 saturated heterocycles. The fraction of sp³-hybridized carbons (Fsp3) is 0.250. The Morgan fingerprint density at radius 2 is 2.17 bits per heavy atom. The van der Waals surface area contributed by atoms with E-state index in [1.807, 2.05) is 19.1 Å². The fourth-order valence-corrected chi connectivity index (χ4v) is 1.15. The number of nitrogens with zero attached hydrogens (tertiary/aromatic N) is 2. The predicted octanol–water partition coefficient (Wildman–Crippen LogP) is 2.77. The standard InChI is InChI=1S/C8H9ClN2O/c1-6-3-4-7(9)8(5-6)11(2)10-12/h3-5H,1-2H3. The van der Waals surface area contributed by atoms with Crippen LogP contribution in [0.1, 0.15) is 5.56 Å². The molecule has 1 rings (SSSR count). The van der Waals surface area contributed by atoms with E-state index in [9.17, 15) is 4.91 Å². The molecule has 1 aromatic carbocycles. The lowest BCUT2D eigenvalue weighted by atomic mass is 10.2. The summed E-state index contributed by atoms with van der Waals surface area (Å²) in [7, 11) is 1.56. The lowest BCUT2D eigenvalue weighted by Crippen LogP contribution is -2.07. The zero-order valence-corrected chi connectivity index (χ0v) is 7.67. The monoisotopic (exact) mass is 184 g/mol. The molecule has 0 N–H and O–H groups in total. The van der Waals surface area contributed by atoms with Crippen LogP contribution in [0, 0.1) is 11.8 Å². The van der Waals surface area contributed by atoms with E-state index >= 15 is 0 Å². The zero-order chi connectivity index (χ0) is 9.14. The maximum atomic E-state index is 10.2. The molecule has 0 unspecified atom stereocenters. The predicted molar refractivity (Wildman–Crippen MR) is 50.4 cm³/mol. The first-order valence-corrected chi connectivity index (χ1v) is 3.86. The lowest BCUT2D eigenvalue weighted by molar-refractivity contribution is 1.00. The van der Waals surface area contributed by atoms with Crippen molar-refractivity contribution >= 4 is 17.3 Å². The molecule has 1 aromatic rings. The number of nitroso groups, excluding NO2 is 1. The molecule has 12 heavy (non-hydrogen) atoms. The van der Waals surface area contributed by atoms with Gasteiger partial charge in [0.15, 0.2) is 0 Å². The first-order chi connectivity index (χ1) is 5.65. The number of benzene rings is 1. The Kier molecular flexibility index (Phi) is 2.65. The van der Waals surface area contributed by atoms with Gasteiger partial charge >= 0.3 is 0 Å². The normalized spacial score (nSPS) is 9.58. The quantitative estimate of drug-likeness (QED) is 0.523. The Bertz CT molecular complexity index is 301. The van der Waals surface area contributed by atoms with Crippen molar-refractivity contribution in [2.75, 3.05) is 12.1 Å². The number of anilines is 1. The van der Waals surface area contributed by atoms with E-state index < -0.39 is 0 Å². The molecule has 0 aliphatic carbocycles. The van der Waals surface area contributed by atoms with E-state index in [0.29, 0.717) is 10.7 Å². The minimum Gasteiger partial charge on any atom is -0.231 e. The second-order valence-electron chi connectivity index (χ2n) is 2.56. The van der Waals surface area contributed by atoms with E-state index in [2.05, 4.69) is 5.29 Å². The molecule has 0 bridgehead atoms. The molecule has 0 aliphatic heterocycles. The maximum absolute atomic E-state index is 10.2. The minimum atomic E-state index is 0.530. The summed E-state index contributed by atoms with van der Waals surface area (Å²) in [5.74, 6) is 0. The van der Waals surface area contributed by atoms with E-state index in [0.717, 1.165) is 5.56 Å².